The van der Waals surface area contributed by atoms with Gasteiger partial charge in [-0.15, -0.1) is 11.3 Å². The van der Waals surface area contributed by atoms with Crippen LogP contribution in [-0.4, -0.2) is 17.6 Å². The Balaban J connectivity index is 1.64. The lowest BCUT2D eigenvalue weighted by Gasteiger charge is -2.17. The van der Waals surface area contributed by atoms with Gasteiger partial charge in [0.2, 0.25) is 5.91 Å². The summed E-state index contributed by atoms with van der Waals surface area (Å²) in [4.78, 5) is 13.2. The van der Waals surface area contributed by atoms with Crippen molar-refractivity contribution in [1.29, 1.82) is 0 Å². The van der Waals surface area contributed by atoms with E-state index in [4.69, 9.17) is 0 Å². The highest BCUT2D eigenvalue weighted by Gasteiger charge is 2.51. The average Bonchev–Trinajstić information content (AvgIpc) is 3.11. The lowest BCUT2D eigenvalue weighted by Crippen LogP contribution is -2.37. The summed E-state index contributed by atoms with van der Waals surface area (Å²) in [7, 11) is 0. The van der Waals surface area contributed by atoms with Crippen LogP contribution in [0, 0.1) is 5.82 Å². The van der Waals surface area contributed by atoms with Crippen molar-refractivity contribution >= 4 is 17.2 Å². The minimum atomic E-state index is -0.682. The fraction of sp³-hybridized carbons (Fsp3) is 0.312. The molecule has 3 rings (SSSR count). The molecule has 21 heavy (non-hydrogen) atoms. The fourth-order valence-electron chi connectivity index (χ4n) is 2.48. The number of rotatable bonds is 5. The molecule has 1 heterocycles. The van der Waals surface area contributed by atoms with E-state index < -0.39 is 11.5 Å². The molecule has 5 heteroatoms. The Morgan fingerprint density at radius 2 is 2.05 bits per heavy atom. The second kappa shape index (κ2) is 5.58. The van der Waals surface area contributed by atoms with Crippen molar-refractivity contribution in [2.45, 2.75) is 24.4 Å². The second-order valence-corrected chi connectivity index (χ2v) is 6.31. The third kappa shape index (κ3) is 2.84. The number of aliphatic hydroxyl groups excluding tert-OH is 1. The Labute approximate surface area is 126 Å². The van der Waals surface area contributed by atoms with Crippen molar-refractivity contribution in [2.24, 2.45) is 0 Å². The van der Waals surface area contributed by atoms with Gasteiger partial charge in [-0.1, -0.05) is 18.2 Å². The third-order valence-corrected chi connectivity index (χ3v) is 4.88. The summed E-state index contributed by atoms with van der Waals surface area (Å²) in [6.07, 6.45) is 0.844. The van der Waals surface area contributed by atoms with Crippen LogP contribution in [0.3, 0.4) is 0 Å². The van der Waals surface area contributed by atoms with E-state index in [1.807, 2.05) is 17.5 Å². The van der Waals surface area contributed by atoms with Crippen molar-refractivity contribution in [1.82, 2.24) is 5.32 Å². The van der Waals surface area contributed by atoms with Gasteiger partial charge in [0.05, 0.1) is 5.41 Å². The minimum absolute atomic E-state index is 0.0929. The normalized spacial score (nSPS) is 17.2. The van der Waals surface area contributed by atoms with E-state index in [1.165, 1.54) is 23.5 Å². The lowest BCUT2D eigenvalue weighted by molar-refractivity contribution is -0.124. The quantitative estimate of drug-likeness (QED) is 0.892. The number of carbonyl (C=O) groups is 1. The van der Waals surface area contributed by atoms with Gasteiger partial charge in [0.25, 0.3) is 0 Å². The van der Waals surface area contributed by atoms with Gasteiger partial charge in [0, 0.05) is 11.4 Å². The number of amides is 1. The molecule has 110 valence electrons. The molecule has 3 nitrogen and oxygen atoms in total. The van der Waals surface area contributed by atoms with Gasteiger partial charge in [-0.05, 0) is 42.0 Å². The van der Waals surface area contributed by atoms with E-state index in [0.717, 1.165) is 23.3 Å². The summed E-state index contributed by atoms with van der Waals surface area (Å²) in [5, 5.41) is 14.7. The van der Waals surface area contributed by atoms with Crippen LogP contribution >= 0.6 is 11.3 Å². The predicted octanol–water partition coefficient (Wildman–Crippen LogP) is 2.77. The molecule has 0 saturated heterocycles. The first-order valence-corrected chi connectivity index (χ1v) is 7.76. The molecule has 1 fully saturated rings. The van der Waals surface area contributed by atoms with E-state index >= 15 is 0 Å². The highest BCUT2D eigenvalue weighted by atomic mass is 32.1. The van der Waals surface area contributed by atoms with Gasteiger partial charge >= 0.3 is 0 Å². The van der Waals surface area contributed by atoms with Gasteiger partial charge in [-0.3, -0.25) is 4.79 Å². The molecule has 1 aromatic heterocycles. The first-order chi connectivity index (χ1) is 10.1. The van der Waals surface area contributed by atoms with Crippen molar-refractivity contribution in [2.75, 3.05) is 6.54 Å². The number of carbonyl (C=O) groups excluding carboxylic acids is 1. The predicted molar refractivity (Wildman–Crippen MR) is 79.6 cm³/mol. The molecule has 2 N–H and O–H groups in total. The molecule has 0 radical (unpaired) electrons. The number of thiophene rings is 1. The molecule has 0 aliphatic heterocycles. The Morgan fingerprint density at radius 3 is 2.62 bits per heavy atom. The van der Waals surface area contributed by atoms with Crippen LogP contribution in [0.15, 0.2) is 41.8 Å². The number of benzene rings is 1. The number of halogens is 1. The molecule has 1 aromatic carbocycles. The van der Waals surface area contributed by atoms with E-state index in [2.05, 4.69) is 5.32 Å². The molecular weight excluding hydrogens is 289 g/mol. The third-order valence-electron chi connectivity index (χ3n) is 3.91. The molecule has 1 aliphatic carbocycles. The van der Waals surface area contributed by atoms with Gasteiger partial charge in [-0.25, -0.2) is 4.39 Å². The van der Waals surface area contributed by atoms with Crippen LogP contribution in [-0.2, 0) is 10.2 Å². The molecule has 1 amide bonds. The standard InChI is InChI=1S/C16H16FNO2S/c17-12-5-3-11(4-6-12)16(7-8-16)15(20)18-10-13(19)14-2-1-9-21-14/h1-6,9,13,19H,7-8,10H2,(H,18,20)/t13-/m1/s1. The first kappa shape index (κ1) is 14.2. The SMILES string of the molecule is O=C(NC[C@@H](O)c1cccs1)C1(c2ccc(F)cc2)CC1. The maximum absolute atomic E-state index is 13.0. The number of nitrogens with one attached hydrogen (secondary N) is 1. The summed E-state index contributed by atoms with van der Waals surface area (Å²) in [5.74, 6) is -0.396. The molecule has 0 unspecified atom stereocenters. The Bertz CT molecular complexity index is 620. The minimum Gasteiger partial charge on any atom is -0.386 e. The van der Waals surface area contributed by atoms with Gasteiger partial charge in [0.15, 0.2) is 0 Å². The highest BCUT2D eigenvalue weighted by Crippen LogP contribution is 2.48. The fourth-order valence-corrected chi connectivity index (χ4v) is 3.19. The summed E-state index contributed by atoms with van der Waals surface area (Å²) in [5.41, 5.74) is 0.301. The summed E-state index contributed by atoms with van der Waals surface area (Å²) < 4.78 is 13.0. The second-order valence-electron chi connectivity index (χ2n) is 5.33. The molecule has 1 atom stereocenters. The van der Waals surface area contributed by atoms with Gasteiger partial charge in [0.1, 0.15) is 11.9 Å². The summed E-state index contributed by atoms with van der Waals surface area (Å²) >= 11 is 1.46. The number of hydrogen-bond acceptors (Lipinski definition) is 3. The van der Waals surface area contributed by atoms with E-state index in [1.54, 1.807) is 12.1 Å². The van der Waals surface area contributed by atoms with Crippen LogP contribution in [0.2, 0.25) is 0 Å². The van der Waals surface area contributed by atoms with Gasteiger partial charge < -0.3 is 10.4 Å². The van der Waals surface area contributed by atoms with Crippen molar-refractivity contribution in [3.8, 4) is 0 Å². The van der Waals surface area contributed by atoms with E-state index in [-0.39, 0.29) is 18.3 Å². The smallest absolute Gasteiger partial charge is 0.230 e. The van der Waals surface area contributed by atoms with Crippen molar-refractivity contribution < 1.29 is 14.3 Å². The van der Waals surface area contributed by atoms with Crippen LogP contribution in [0.5, 0.6) is 0 Å². The highest BCUT2D eigenvalue weighted by molar-refractivity contribution is 7.10. The zero-order chi connectivity index (χ0) is 14.9. The zero-order valence-corrected chi connectivity index (χ0v) is 12.2. The van der Waals surface area contributed by atoms with Crippen molar-refractivity contribution in [3.63, 3.8) is 0 Å². The van der Waals surface area contributed by atoms with Crippen LogP contribution in [0.1, 0.15) is 29.4 Å². The Morgan fingerprint density at radius 1 is 1.33 bits per heavy atom. The molecule has 1 saturated carbocycles. The Hall–Kier alpha value is -1.72. The zero-order valence-electron chi connectivity index (χ0n) is 11.4. The molecule has 1 aliphatic rings. The molecule has 0 spiro atoms. The maximum Gasteiger partial charge on any atom is 0.230 e. The van der Waals surface area contributed by atoms with Crippen LogP contribution < -0.4 is 5.32 Å². The Kier molecular flexibility index (Phi) is 3.78. The summed E-state index contributed by atoms with van der Waals surface area (Å²) in [6.45, 7) is 0.197. The van der Waals surface area contributed by atoms with Crippen LogP contribution in [0.25, 0.3) is 0 Å². The molecular formula is C16H16FNO2S. The van der Waals surface area contributed by atoms with Crippen molar-refractivity contribution in [3.05, 3.63) is 58.0 Å². The lowest BCUT2D eigenvalue weighted by atomic mass is 9.95. The average molecular weight is 305 g/mol. The van der Waals surface area contributed by atoms with Gasteiger partial charge in [-0.2, -0.15) is 0 Å². The molecule has 0 bridgehead atoms. The number of aliphatic hydroxyl groups is 1. The largest absolute Gasteiger partial charge is 0.386 e. The number of hydrogen-bond donors (Lipinski definition) is 2. The van der Waals surface area contributed by atoms with E-state index in [0.29, 0.717) is 0 Å². The summed E-state index contributed by atoms with van der Waals surface area (Å²) in [6, 6.07) is 9.79. The molecule has 2 aromatic rings. The monoisotopic (exact) mass is 305 g/mol. The van der Waals surface area contributed by atoms with E-state index in [9.17, 15) is 14.3 Å². The van der Waals surface area contributed by atoms with Crippen LogP contribution in [0.4, 0.5) is 4.39 Å². The first-order valence-electron chi connectivity index (χ1n) is 6.88. The maximum atomic E-state index is 13.0. The topological polar surface area (TPSA) is 49.3 Å².